The Kier molecular flexibility index (Phi) is 8.35. The molecule has 2 aliphatic carbocycles. The van der Waals surface area contributed by atoms with Gasteiger partial charge in [-0.3, -0.25) is 0 Å². The summed E-state index contributed by atoms with van der Waals surface area (Å²) in [4.78, 5) is 0. The van der Waals surface area contributed by atoms with Crippen LogP contribution in [0.1, 0.15) is 56.2 Å². The summed E-state index contributed by atoms with van der Waals surface area (Å²) in [6.07, 6.45) is 12.1. The average Bonchev–Trinajstić information content (AvgIpc) is 3.29. The molecule has 2 aliphatic rings. The van der Waals surface area contributed by atoms with Crippen molar-refractivity contribution in [2.45, 2.75) is 33.9 Å². The van der Waals surface area contributed by atoms with Crippen LogP contribution < -0.4 is 0 Å². The second-order valence-electron chi connectivity index (χ2n) is 6.10. The predicted molar refractivity (Wildman–Crippen MR) is 108 cm³/mol. The Hall–Kier alpha value is -1.46. The van der Waals surface area contributed by atoms with E-state index >= 15 is 0 Å². The summed E-state index contributed by atoms with van der Waals surface area (Å²) in [7, 11) is 0. The molecule has 0 fully saturated rings. The largest absolute Gasteiger partial charge is 0.106 e. The van der Waals surface area contributed by atoms with Crippen LogP contribution in [-0.4, -0.2) is 0 Å². The third kappa shape index (κ3) is 5.02. The number of rotatable bonds is 3. The number of hydrogen-bond acceptors (Lipinski definition) is 0. The smallest absolute Gasteiger partial charge is 0.0564 e. The van der Waals surface area contributed by atoms with Crippen LogP contribution in [0.25, 0.3) is 12.2 Å². The molecule has 0 radical (unpaired) electrons. The Morgan fingerprint density at radius 2 is 1.12 bits per heavy atom. The van der Waals surface area contributed by atoms with Crippen molar-refractivity contribution in [3.8, 4) is 0 Å². The molecule has 0 spiro atoms. The molecule has 128 valence electrons. The normalized spacial score (nSPS) is 18.3. The standard InChI is InChI=1S/2C9H7.C4H10.C2H4.Zr/c2*1-2-5-9-7-3-6-8(9)4-1;1-3-4-2;1-2;/h2*1-7H;3-4H2,1-2H3;1-2H2;. The number of benzene rings is 2. The Morgan fingerprint density at radius 1 is 0.720 bits per heavy atom. The zero-order chi connectivity index (χ0) is 18.1. The molecule has 0 N–H and O–H groups in total. The Morgan fingerprint density at radius 3 is 1.52 bits per heavy atom. The minimum atomic E-state index is -0.542. The fourth-order valence-electron chi connectivity index (χ4n) is 2.98. The molecule has 0 heterocycles. The topological polar surface area (TPSA) is 0 Å². The van der Waals surface area contributed by atoms with E-state index in [-0.39, 0.29) is 0 Å². The molecule has 0 amide bonds. The average molecular weight is 408 g/mol. The van der Waals surface area contributed by atoms with Gasteiger partial charge in [-0.05, 0) is 0 Å². The van der Waals surface area contributed by atoms with Gasteiger partial charge in [-0.1, -0.05) is 26.7 Å². The number of allylic oxidation sites excluding steroid dienone is 2. The van der Waals surface area contributed by atoms with Crippen molar-refractivity contribution < 1.29 is 23.2 Å². The molecule has 0 nitrogen and oxygen atoms in total. The molecule has 2 unspecified atom stereocenters. The van der Waals surface area contributed by atoms with Crippen LogP contribution in [0.4, 0.5) is 0 Å². The van der Waals surface area contributed by atoms with Gasteiger partial charge in [-0.2, -0.15) is 0 Å². The van der Waals surface area contributed by atoms with E-state index in [0.29, 0.717) is 0 Å². The van der Waals surface area contributed by atoms with Crippen molar-refractivity contribution in [2.75, 3.05) is 0 Å². The van der Waals surface area contributed by atoms with Crippen molar-refractivity contribution in [1.82, 2.24) is 0 Å². The van der Waals surface area contributed by atoms with E-state index in [1.54, 1.807) is 11.1 Å². The van der Waals surface area contributed by atoms with E-state index in [1.807, 2.05) is 0 Å². The molecule has 4 rings (SSSR count). The monoisotopic (exact) mass is 406 g/mol. The maximum Gasteiger partial charge on any atom is -0.0564 e. The van der Waals surface area contributed by atoms with Gasteiger partial charge in [-0.25, -0.2) is 0 Å². The molecule has 0 saturated carbocycles. The van der Waals surface area contributed by atoms with Gasteiger partial charge < -0.3 is 0 Å². The fourth-order valence-corrected chi connectivity index (χ4v) is 7.13. The van der Waals surface area contributed by atoms with E-state index < -0.39 is 23.2 Å². The second kappa shape index (κ2) is 10.5. The van der Waals surface area contributed by atoms with Crippen LogP contribution in [0.15, 0.2) is 73.8 Å². The molecular weight excluding hydrogens is 379 g/mol. The van der Waals surface area contributed by atoms with Crippen LogP contribution in [-0.2, 0) is 23.2 Å². The molecule has 1 heteroatoms. The summed E-state index contributed by atoms with van der Waals surface area (Å²) < 4.78 is 1.47. The van der Waals surface area contributed by atoms with E-state index in [9.17, 15) is 0 Å². The van der Waals surface area contributed by atoms with E-state index in [1.165, 1.54) is 24.0 Å². The van der Waals surface area contributed by atoms with Crippen molar-refractivity contribution in [1.29, 1.82) is 0 Å². The van der Waals surface area contributed by atoms with Gasteiger partial charge in [0.2, 0.25) is 0 Å². The van der Waals surface area contributed by atoms with Crippen LogP contribution >= 0.6 is 0 Å². The third-order valence-corrected chi connectivity index (χ3v) is 8.70. The Bertz CT molecular complexity index is 665. The first kappa shape index (κ1) is 19.9. The van der Waals surface area contributed by atoms with E-state index in [2.05, 4.69) is 99.8 Å². The molecule has 0 saturated heterocycles. The van der Waals surface area contributed by atoms with Gasteiger partial charge in [0, 0.05) is 0 Å². The van der Waals surface area contributed by atoms with E-state index in [0.717, 1.165) is 7.25 Å². The van der Waals surface area contributed by atoms with Gasteiger partial charge in [0.25, 0.3) is 0 Å². The van der Waals surface area contributed by atoms with Gasteiger partial charge in [0.15, 0.2) is 0 Å². The number of unbranched alkanes of at least 4 members (excludes halogenated alkanes) is 1. The van der Waals surface area contributed by atoms with Gasteiger partial charge in [0.05, 0.1) is 0 Å². The first-order chi connectivity index (χ1) is 12.3. The molecule has 2 atom stereocenters. The van der Waals surface area contributed by atoms with Crippen LogP contribution in [0.5, 0.6) is 0 Å². The summed E-state index contributed by atoms with van der Waals surface area (Å²) in [5.74, 6) is 0. The quantitative estimate of drug-likeness (QED) is 0.471. The van der Waals surface area contributed by atoms with Crippen LogP contribution in [0.3, 0.4) is 0 Å². The molecule has 25 heavy (non-hydrogen) atoms. The summed E-state index contributed by atoms with van der Waals surface area (Å²) in [6.45, 7) is 10.4. The van der Waals surface area contributed by atoms with Crippen molar-refractivity contribution in [3.63, 3.8) is 0 Å². The van der Waals surface area contributed by atoms with Crippen molar-refractivity contribution >= 4 is 12.2 Å². The minimum Gasteiger partial charge on any atom is -0.106 e. The first-order valence-electron chi connectivity index (χ1n) is 9.13. The SMILES string of the molecule is C1=C[CH]([Zr][CH]2C=Cc3ccccc32)c2ccccc21.C=C.CCCC. The Labute approximate surface area is 164 Å². The zero-order valence-corrected chi connectivity index (χ0v) is 17.9. The number of hydrogen-bond donors (Lipinski definition) is 0. The molecule has 0 aliphatic heterocycles. The summed E-state index contributed by atoms with van der Waals surface area (Å²) in [6, 6.07) is 17.7. The molecule has 0 bridgehead atoms. The van der Waals surface area contributed by atoms with E-state index in [4.69, 9.17) is 0 Å². The summed E-state index contributed by atoms with van der Waals surface area (Å²) in [5, 5.41) is 0. The molecular formula is C24H28Zr. The fraction of sp³-hybridized carbons (Fsp3) is 0.250. The van der Waals surface area contributed by atoms with Gasteiger partial charge >= 0.3 is 126 Å². The predicted octanol–water partition coefficient (Wildman–Crippen LogP) is 7.21. The van der Waals surface area contributed by atoms with Crippen LogP contribution in [0.2, 0.25) is 0 Å². The summed E-state index contributed by atoms with van der Waals surface area (Å²) in [5.41, 5.74) is 5.99. The molecule has 2 aromatic carbocycles. The second-order valence-corrected chi connectivity index (χ2v) is 9.98. The minimum absolute atomic E-state index is 0.542. The molecule has 2 aromatic rings. The first-order valence-corrected chi connectivity index (χ1v) is 12.0. The zero-order valence-electron chi connectivity index (χ0n) is 15.4. The molecule has 0 aromatic heterocycles. The Balaban J connectivity index is 0.000000334. The third-order valence-electron chi connectivity index (χ3n) is 4.46. The van der Waals surface area contributed by atoms with Crippen molar-refractivity contribution in [3.05, 3.63) is 96.1 Å². The van der Waals surface area contributed by atoms with Gasteiger partial charge in [0.1, 0.15) is 0 Å². The summed E-state index contributed by atoms with van der Waals surface area (Å²) >= 11 is -0.542. The maximum absolute atomic E-state index is 3.00. The number of fused-ring (bicyclic) bond motifs is 2. The van der Waals surface area contributed by atoms with Gasteiger partial charge in [-0.15, -0.1) is 13.2 Å². The van der Waals surface area contributed by atoms with Crippen LogP contribution in [0, 0.1) is 0 Å². The van der Waals surface area contributed by atoms with Crippen molar-refractivity contribution in [2.24, 2.45) is 0 Å². The maximum atomic E-state index is 3.00.